The lowest BCUT2D eigenvalue weighted by atomic mass is 10.1. The van der Waals surface area contributed by atoms with Crippen LogP contribution in [0.2, 0.25) is 5.15 Å². The fraction of sp³-hybridized carbons (Fsp3) is 0.167. The van der Waals surface area contributed by atoms with Crippen molar-refractivity contribution in [1.82, 2.24) is 10.2 Å². The van der Waals surface area contributed by atoms with Crippen molar-refractivity contribution in [2.75, 3.05) is 11.9 Å². The molecule has 2 aromatic rings. The van der Waals surface area contributed by atoms with Crippen LogP contribution in [-0.4, -0.2) is 16.7 Å². The first-order chi connectivity index (χ1) is 8.24. The number of benzene rings is 1. The topological polar surface area (TPSA) is 37.8 Å². The highest BCUT2D eigenvalue weighted by Gasteiger charge is 1.96. The third kappa shape index (κ3) is 3.67. The van der Waals surface area contributed by atoms with Gasteiger partial charge in [-0.3, -0.25) is 0 Å². The summed E-state index contributed by atoms with van der Waals surface area (Å²) in [7, 11) is 0. The first kappa shape index (κ1) is 11.8. The summed E-state index contributed by atoms with van der Waals surface area (Å²) >= 11 is 5.62. The Labute approximate surface area is 104 Å². The highest BCUT2D eigenvalue weighted by atomic mass is 35.5. The van der Waals surface area contributed by atoms with E-state index in [2.05, 4.69) is 15.5 Å². The summed E-state index contributed by atoms with van der Waals surface area (Å²) in [6, 6.07) is 9.89. The van der Waals surface area contributed by atoms with E-state index < -0.39 is 0 Å². The maximum absolute atomic E-state index is 12.7. The summed E-state index contributed by atoms with van der Waals surface area (Å²) in [5, 5.41) is 11.1. The van der Waals surface area contributed by atoms with Gasteiger partial charge in [-0.15, -0.1) is 10.2 Å². The number of anilines is 1. The Bertz CT molecular complexity index is 425. The molecule has 0 bridgehead atoms. The van der Waals surface area contributed by atoms with E-state index in [1.807, 2.05) is 0 Å². The normalized spacial score (nSPS) is 10.2. The number of halogens is 2. The first-order valence-electron chi connectivity index (χ1n) is 5.21. The maximum Gasteiger partial charge on any atom is 0.151 e. The second-order valence-corrected chi connectivity index (χ2v) is 3.93. The van der Waals surface area contributed by atoms with E-state index >= 15 is 0 Å². The van der Waals surface area contributed by atoms with Crippen LogP contribution < -0.4 is 5.32 Å². The summed E-state index contributed by atoms with van der Waals surface area (Å²) in [6.45, 7) is 0.710. The van der Waals surface area contributed by atoms with E-state index in [0.717, 1.165) is 12.0 Å². The van der Waals surface area contributed by atoms with Gasteiger partial charge < -0.3 is 5.32 Å². The van der Waals surface area contributed by atoms with Crippen LogP contribution in [0.25, 0.3) is 0 Å². The summed E-state index contributed by atoms with van der Waals surface area (Å²) in [4.78, 5) is 0. The van der Waals surface area contributed by atoms with E-state index in [1.54, 1.807) is 24.3 Å². The van der Waals surface area contributed by atoms with Crippen LogP contribution >= 0.6 is 11.6 Å². The minimum atomic E-state index is -0.217. The molecule has 1 aromatic heterocycles. The van der Waals surface area contributed by atoms with E-state index in [0.29, 0.717) is 17.5 Å². The van der Waals surface area contributed by atoms with Gasteiger partial charge in [-0.25, -0.2) is 4.39 Å². The molecule has 0 radical (unpaired) electrons. The molecule has 1 aromatic carbocycles. The molecular formula is C12H11ClFN3. The van der Waals surface area contributed by atoms with E-state index in [9.17, 15) is 4.39 Å². The fourth-order valence-electron chi connectivity index (χ4n) is 1.40. The van der Waals surface area contributed by atoms with Crippen molar-refractivity contribution in [1.29, 1.82) is 0 Å². The zero-order valence-electron chi connectivity index (χ0n) is 9.03. The predicted octanol–water partition coefficient (Wildman–Crippen LogP) is 2.92. The minimum Gasteiger partial charge on any atom is -0.368 e. The fourth-order valence-corrected chi connectivity index (χ4v) is 1.50. The van der Waals surface area contributed by atoms with Crippen molar-refractivity contribution >= 4 is 17.4 Å². The van der Waals surface area contributed by atoms with Gasteiger partial charge in [-0.1, -0.05) is 23.7 Å². The van der Waals surface area contributed by atoms with E-state index in [1.165, 1.54) is 12.1 Å². The summed E-state index contributed by atoms with van der Waals surface area (Å²) in [5.74, 6) is 0.460. The number of rotatable bonds is 4. The minimum absolute atomic E-state index is 0.217. The first-order valence-corrected chi connectivity index (χ1v) is 5.59. The Balaban J connectivity index is 1.83. The summed E-state index contributed by atoms with van der Waals surface area (Å²) in [6.07, 6.45) is 0.796. The lowest BCUT2D eigenvalue weighted by molar-refractivity contribution is 0.627. The molecule has 5 heteroatoms. The molecule has 0 atom stereocenters. The Morgan fingerprint density at radius 3 is 2.47 bits per heavy atom. The van der Waals surface area contributed by atoms with Gasteiger partial charge in [-0.05, 0) is 36.2 Å². The molecular weight excluding hydrogens is 241 g/mol. The van der Waals surface area contributed by atoms with Gasteiger partial charge in [0, 0.05) is 6.54 Å². The van der Waals surface area contributed by atoms with Gasteiger partial charge in [0.05, 0.1) is 0 Å². The molecule has 0 spiro atoms. The Morgan fingerprint density at radius 1 is 1.06 bits per heavy atom. The van der Waals surface area contributed by atoms with E-state index in [4.69, 9.17) is 11.6 Å². The highest BCUT2D eigenvalue weighted by molar-refractivity contribution is 6.29. The van der Waals surface area contributed by atoms with Crippen molar-refractivity contribution < 1.29 is 4.39 Å². The molecule has 0 aliphatic rings. The third-order valence-electron chi connectivity index (χ3n) is 2.27. The van der Waals surface area contributed by atoms with Crippen molar-refractivity contribution in [3.8, 4) is 0 Å². The molecule has 0 saturated heterocycles. The average molecular weight is 252 g/mol. The molecule has 0 unspecified atom stereocenters. The van der Waals surface area contributed by atoms with Gasteiger partial charge in [0.15, 0.2) is 5.15 Å². The summed E-state index contributed by atoms with van der Waals surface area (Å²) < 4.78 is 12.7. The molecule has 1 N–H and O–H groups in total. The van der Waals surface area contributed by atoms with Gasteiger partial charge in [0.1, 0.15) is 11.6 Å². The van der Waals surface area contributed by atoms with Gasteiger partial charge in [0.25, 0.3) is 0 Å². The van der Waals surface area contributed by atoms with Gasteiger partial charge in [0.2, 0.25) is 0 Å². The number of nitrogens with one attached hydrogen (secondary N) is 1. The summed E-state index contributed by atoms with van der Waals surface area (Å²) in [5.41, 5.74) is 1.07. The quantitative estimate of drug-likeness (QED) is 0.908. The number of hydrogen-bond donors (Lipinski definition) is 1. The molecule has 88 valence electrons. The van der Waals surface area contributed by atoms with Gasteiger partial charge >= 0.3 is 0 Å². The van der Waals surface area contributed by atoms with Crippen LogP contribution in [0.4, 0.5) is 10.2 Å². The lowest BCUT2D eigenvalue weighted by Crippen LogP contribution is -2.06. The molecule has 2 rings (SSSR count). The standard InChI is InChI=1S/C12H11ClFN3/c13-11-5-6-12(17-16-11)15-8-7-9-1-3-10(14)4-2-9/h1-6H,7-8H2,(H,15,17). The Morgan fingerprint density at radius 2 is 1.82 bits per heavy atom. The maximum atomic E-state index is 12.7. The van der Waals surface area contributed by atoms with Gasteiger partial charge in [-0.2, -0.15) is 0 Å². The van der Waals surface area contributed by atoms with Crippen molar-refractivity contribution in [3.05, 3.63) is 52.9 Å². The Kier molecular flexibility index (Phi) is 3.88. The average Bonchev–Trinajstić information content (AvgIpc) is 2.34. The van der Waals surface area contributed by atoms with Crippen LogP contribution in [0.1, 0.15) is 5.56 Å². The van der Waals surface area contributed by atoms with Crippen LogP contribution in [0.15, 0.2) is 36.4 Å². The molecule has 0 fully saturated rings. The molecule has 0 saturated carbocycles. The number of nitrogens with zero attached hydrogens (tertiary/aromatic N) is 2. The lowest BCUT2D eigenvalue weighted by Gasteiger charge is -2.04. The van der Waals surface area contributed by atoms with Crippen molar-refractivity contribution in [2.24, 2.45) is 0 Å². The highest BCUT2D eigenvalue weighted by Crippen LogP contribution is 2.07. The SMILES string of the molecule is Fc1ccc(CCNc2ccc(Cl)nn2)cc1. The van der Waals surface area contributed by atoms with Crippen LogP contribution in [-0.2, 0) is 6.42 Å². The van der Waals surface area contributed by atoms with Crippen LogP contribution in [0.3, 0.4) is 0 Å². The van der Waals surface area contributed by atoms with E-state index in [-0.39, 0.29) is 5.82 Å². The predicted molar refractivity (Wildman–Crippen MR) is 65.6 cm³/mol. The third-order valence-corrected chi connectivity index (χ3v) is 2.47. The second kappa shape index (κ2) is 5.59. The molecule has 0 aliphatic heterocycles. The smallest absolute Gasteiger partial charge is 0.151 e. The largest absolute Gasteiger partial charge is 0.368 e. The monoisotopic (exact) mass is 251 g/mol. The molecule has 17 heavy (non-hydrogen) atoms. The van der Waals surface area contributed by atoms with Crippen LogP contribution in [0, 0.1) is 5.82 Å². The number of aromatic nitrogens is 2. The molecule has 0 aliphatic carbocycles. The molecule has 0 amide bonds. The number of hydrogen-bond acceptors (Lipinski definition) is 3. The van der Waals surface area contributed by atoms with Crippen molar-refractivity contribution in [2.45, 2.75) is 6.42 Å². The molecule has 1 heterocycles. The second-order valence-electron chi connectivity index (χ2n) is 3.54. The molecule has 3 nitrogen and oxygen atoms in total. The zero-order chi connectivity index (χ0) is 12.1. The van der Waals surface area contributed by atoms with Crippen molar-refractivity contribution in [3.63, 3.8) is 0 Å². The van der Waals surface area contributed by atoms with Crippen LogP contribution in [0.5, 0.6) is 0 Å². The zero-order valence-corrected chi connectivity index (χ0v) is 9.78. The Hall–Kier alpha value is -1.68.